The molecule has 3 N–H and O–H groups in total. The maximum atomic E-state index is 12.6. The maximum absolute atomic E-state index is 12.6. The number of nitrogens with one attached hydrogen (secondary N) is 1. The van der Waals surface area contributed by atoms with Crippen molar-refractivity contribution in [2.24, 2.45) is 0 Å². The van der Waals surface area contributed by atoms with Crippen LogP contribution in [0.5, 0.6) is 0 Å². The van der Waals surface area contributed by atoms with Gasteiger partial charge in [-0.2, -0.15) is 0 Å². The van der Waals surface area contributed by atoms with E-state index in [-0.39, 0.29) is 31.7 Å². The first-order chi connectivity index (χ1) is 13.1. The molecule has 11 heteroatoms. The number of hydrogen-bond donors (Lipinski definition) is 3. The molecule has 0 aliphatic carbocycles. The third-order valence-corrected chi connectivity index (χ3v) is 6.88. The van der Waals surface area contributed by atoms with Crippen molar-refractivity contribution < 1.29 is 22.8 Å². The molecule has 0 radical (unpaired) electrons. The predicted octanol–water partition coefficient (Wildman–Crippen LogP) is 2.12. The normalized spacial score (nSPS) is 12.4. The van der Waals surface area contributed by atoms with Gasteiger partial charge in [0, 0.05) is 18.0 Å². The van der Waals surface area contributed by atoms with E-state index in [0.29, 0.717) is 6.42 Å². The second-order valence-electron chi connectivity index (χ2n) is 5.97. The van der Waals surface area contributed by atoms with Crippen LogP contribution in [0.25, 0.3) is 10.9 Å². The van der Waals surface area contributed by atoms with E-state index in [4.69, 9.17) is 11.6 Å². The molecule has 1 heterocycles. The van der Waals surface area contributed by atoms with Gasteiger partial charge >= 0.3 is 7.75 Å². The van der Waals surface area contributed by atoms with Crippen LogP contribution in [0.3, 0.4) is 0 Å². The van der Waals surface area contributed by atoms with Gasteiger partial charge in [-0.25, -0.2) is 22.0 Å². The Morgan fingerprint density at radius 3 is 2.39 bits per heavy atom. The summed E-state index contributed by atoms with van der Waals surface area (Å²) in [6.45, 7) is 0.142. The van der Waals surface area contributed by atoms with Crippen LogP contribution < -0.4 is 10.3 Å². The Labute approximate surface area is 165 Å². The highest BCUT2D eigenvalue weighted by Crippen LogP contribution is 2.39. The first kappa shape index (κ1) is 20.7. The number of nitrogens with zero attached hydrogens (tertiary/aromatic N) is 1. The van der Waals surface area contributed by atoms with Gasteiger partial charge in [-0.1, -0.05) is 41.9 Å². The number of sulfonamides is 1. The highest BCUT2D eigenvalue weighted by atomic mass is 35.5. The quantitative estimate of drug-likeness (QED) is 0.502. The third kappa shape index (κ3) is 4.35. The average molecular weight is 443 g/mol. The van der Waals surface area contributed by atoms with Crippen molar-refractivity contribution in [3.8, 4) is 0 Å². The van der Waals surface area contributed by atoms with Crippen LogP contribution >= 0.6 is 19.3 Å². The number of rotatable bonds is 6. The minimum atomic E-state index is -4.95. The molecule has 0 atom stereocenters. The zero-order chi connectivity index (χ0) is 20.5. The van der Waals surface area contributed by atoms with Crippen LogP contribution in [0, 0.1) is 0 Å². The summed E-state index contributed by atoms with van der Waals surface area (Å²) in [4.78, 5) is 30.4. The van der Waals surface area contributed by atoms with Gasteiger partial charge in [0.15, 0.2) is 0 Å². The van der Waals surface area contributed by atoms with Gasteiger partial charge in [0.05, 0.1) is 10.5 Å². The Balaban J connectivity index is 1.96. The van der Waals surface area contributed by atoms with E-state index < -0.39 is 23.3 Å². The van der Waals surface area contributed by atoms with Gasteiger partial charge < -0.3 is 9.79 Å². The minimum Gasteiger partial charge on any atom is -0.308 e. The smallest absolute Gasteiger partial charge is 0.308 e. The molecule has 0 spiro atoms. The highest BCUT2D eigenvalue weighted by molar-refractivity contribution is 7.89. The molecule has 0 fully saturated rings. The lowest BCUT2D eigenvalue weighted by Crippen LogP contribution is -2.26. The molecule has 2 aromatic carbocycles. The highest BCUT2D eigenvalue weighted by Gasteiger charge is 2.24. The molecule has 0 bridgehead atoms. The van der Waals surface area contributed by atoms with Crippen LogP contribution in [-0.4, -0.2) is 29.1 Å². The summed E-state index contributed by atoms with van der Waals surface area (Å²) in [6.07, 6.45) is 0.475. The molecule has 1 aromatic heterocycles. The third-order valence-electron chi connectivity index (χ3n) is 4.02. The fourth-order valence-corrected chi connectivity index (χ4v) is 5.12. The van der Waals surface area contributed by atoms with E-state index in [2.05, 4.69) is 4.72 Å². The first-order valence-electron chi connectivity index (χ1n) is 8.05. The molecular formula is C17H16ClN2O6PS. The second kappa shape index (κ2) is 7.79. The monoisotopic (exact) mass is 442 g/mol. The molecular weight excluding hydrogens is 427 g/mol. The molecule has 3 rings (SSSR count). The van der Waals surface area contributed by atoms with Crippen LogP contribution in [-0.2, 0) is 21.0 Å². The lowest BCUT2D eigenvalue weighted by atomic mass is 10.2. The Morgan fingerprint density at radius 2 is 1.75 bits per heavy atom. The zero-order valence-corrected chi connectivity index (χ0v) is 16.8. The lowest BCUT2D eigenvalue weighted by Gasteiger charge is -2.14. The topological polar surface area (TPSA) is 126 Å². The molecule has 0 saturated carbocycles. The zero-order valence-electron chi connectivity index (χ0n) is 14.3. The average Bonchev–Trinajstić information content (AvgIpc) is 2.60. The molecule has 0 aliphatic heterocycles. The van der Waals surface area contributed by atoms with Gasteiger partial charge in [0.1, 0.15) is 4.90 Å². The summed E-state index contributed by atoms with van der Waals surface area (Å²) in [5.74, 6) is 0. The van der Waals surface area contributed by atoms with E-state index in [9.17, 15) is 27.6 Å². The Hall–Kier alpha value is -2.00. The summed E-state index contributed by atoms with van der Waals surface area (Å²) in [5.41, 5.74) is -0.122. The standard InChI is InChI=1S/C17H16ClN2O6PS/c18-14-11-15-13(6-7-17(21)20(15)27(22,23)24)10-16(14)28(25,26)19-9-8-12-4-2-1-3-5-12/h1-7,10-11,19H,8-9H2,(H2,22,23,24). The maximum Gasteiger partial charge on any atom is 0.437 e. The van der Waals surface area contributed by atoms with E-state index >= 15 is 0 Å². The van der Waals surface area contributed by atoms with Crippen molar-refractivity contribution >= 4 is 40.3 Å². The number of hydrogen-bond acceptors (Lipinski definition) is 4. The summed E-state index contributed by atoms with van der Waals surface area (Å²) < 4.78 is 39.6. The van der Waals surface area contributed by atoms with Crippen molar-refractivity contribution in [2.45, 2.75) is 11.3 Å². The first-order valence-corrected chi connectivity index (χ1v) is 11.5. The molecule has 3 aromatic rings. The van der Waals surface area contributed by atoms with Gasteiger partial charge in [-0.15, -0.1) is 0 Å². The molecule has 28 heavy (non-hydrogen) atoms. The van der Waals surface area contributed by atoms with Crippen molar-refractivity contribution in [3.63, 3.8) is 0 Å². The van der Waals surface area contributed by atoms with E-state index in [1.54, 1.807) is 0 Å². The van der Waals surface area contributed by atoms with E-state index in [0.717, 1.165) is 17.7 Å². The minimum absolute atomic E-state index is 0.142. The summed E-state index contributed by atoms with van der Waals surface area (Å²) >= 11 is 6.07. The molecule has 8 nitrogen and oxygen atoms in total. The van der Waals surface area contributed by atoms with Gasteiger partial charge in [0.25, 0.3) is 5.56 Å². The fraction of sp³-hybridized carbons (Fsp3) is 0.118. The fourth-order valence-electron chi connectivity index (χ4n) is 2.75. The predicted molar refractivity (Wildman–Crippen MR) is 106 cm³/mol. The Kier molecular flexibility index (Phi) is 5.77. The van der Waals surface area contributed by atoms with Crippen LogP contribution in [0.15, 0.2) is 64.3 Å². The number of fused-ring (bicyclic) bond motifs is 1. The van der Waals surface area contributed by atoms with E-state index in [1.807, 2.05) is 30.3 Å². The number of halogens is 1. The molecule has 148 valence electrons. The largest absolute Gasteiger partial charge is 0.437 e. The van der Waals surface area contributed by atoms with Gasteiger partial charge in [-0.05, 0) is 30.2 Å². The van der Waals surface area contributed by atoms with Crippen molar-refractivity contribution in [1.29, 1.82) is 0 Å². The van der Waals surface area contributed by atoms with E-state index in [1.165, 1.54) is 12.1 Å². The van der Waals surface area contributed by atoms with Crippen molar-refractivity contribution in [1.82, 2.24) is 9.06 Å². The Bertz CT molecular complexity index is 1240. The molecule has 0 saturated heterocycles. The van der Waals surface area contributed by atoms with Crippen LogP contribution in [0.2, 0.25) is 5.02 Å². The van der Waals surface area contributed by atoms with Gasteiger partial charge in [0.2, 0.25) is 10.0 Å². The lowest BCUT2D eigenvalue weighted by molar-refractivity contribution is 0.361. The summed E-state index contributed by atoms with van der Waals surface area (Å²) in [6, 6.07) is 13.8. The van der Waals surface area contributed by atoms with Crippen LogP contribution in [0.4, 0.5) is 0 Å². The van der Waals surface area contributed by atoms with Gasteiger partial charge in [-0.3, -0.25) is 4.79 Å². The molecule has 0 unspecified atom stereocenters. The summed E-state index contributed by atoms with van der Waals surface area (Å²) in [5, 5.41) is -0.108. The number of pyridine rings is 1. The number of aromatic nitrogens is 1. The SMILES string of the molecule is O=c1ccc2cc(S(=O)(=O)NCCc3ccccc3)c(Cl)cc2n1P(=O)(O)O. The molecule has 0 aliphatic rings. The summed E-state index contributed by atoms with van der Waals surface area (Å²) in [7, 11) is -8.92. The van der Waals surface area contributed by atoms with Crippen molar-refractivity contribution in [3.05, 3.63) is 75.5 Å². The van der Waals surface area contributed by atoms with Crippen molar-refractivity contribution in [2.75, 3.05) is 6.54 Å². The molecule has 0 amide bonds. The second-order valence-corrected chi connectivity index (χ2v) is 9.54. The Morgan fingerprint density at radius 1 is 1.07 bits per heavy atom. The number of benzene rings is 2. The van der Waals surface area contributed by atoms with Crippen LogP contribution in [0.1, 0.15) is 5.56 Å².